The average molecular weight is 366 g/mol. The van der Waals surface area contributed by atoms with Gasteiger partial charge in [-0.2, -0.15) is 0 Å². The quantitative estimate of drug-likeness (QED) is 0.703. The monoisotopic (exact) mass is 365 g/mol. The van der Waals surface area contributed by atoms with Gasteiger partial charge in [0, 0.05) is 10.7 Å². The molecule has 2 heterocycles. The lowest BCUT2D eigenvalue weighted by Gasteiger charge is -2.09. The predicted molar refractivity (Wildman–Crippen MR) is 83.6 cm³/mol. The van der Waals surface area contributed by atoms with Crippen molar-refractivity contribution in [2.45, 2.75) is 11.8 Å². The number of rotatable bonds is 3. The number of benzene rings is 1. The van der Waals surface area contributed by atoms with Crippen LogP contribution in [0.25, 0.3) is 11.5 Å². The zero-order chi connectivity index (χ0) is 15.0. The Bertz CT molecular complexity index is 862. The Morgan fingerprint density at radius 3 is 2.48 bits per heavy atom. The SMILES string of the molecule is Cc1ccc(S(=O)(=O)n2cc(Br)cc2-c2ccco2)cc1. The maximum absolute atomic E-state index is 12.8. The molecule has 0 unspecified atom stereocenters. The fourth-order valence-electron chi connectivity index (χ4n) is 2.04. The lowest BCUT2D eigenvalue weighted by atomic mass is 10.2. The molecular formula is C15H12BrNO3S. The second kappa shape index (κ2) is 5.20. The lowest BCUT2D eigenvalue weighted by Crippen LogP contribution is -2.13. The van der Waals surface area contributed by atoms with E-state index >= 15 is 0 Å². The summed E-state index contributed by atoms with van der Waals surface area (Å²) in [6.45, 7) is 1.91. The van der Waals surface area contributed by atoms with Gasteiger partial charge in [-0.05, 0) is 53.2 Å². The highest BCUT2D eigenvalue weighted by Gasteiger charge is 2.22. The molecule has 3 rings (SSSR count). The first kappa shape index (κ1) is 14.2. The number of aryl methyl sites for hydroxylation is 1. The predicted octanol–water partition coefficient (Wildman–Crippen LogP) is 4.06. The van der Waals surface area contributed by atoms with E-state index in [-0.39, 0.29) is 4.90 Å². The van der Waals surface area contributed by atoms with E-state index in [1.807, 2.05) is 6.92 Å². The Morgan fingerprint density at radius 1 is 1.14 bits per heavy atom. The molecule has 0 spiro atoms. The van der Waals surface area contributed by atoms with E-state index < -0.39 is 10.0 Å². The number of furan rings is 1. The van der Waals surface area contributed by atoms with Gasteiger partial charge in [0.2, 0.25) is 0 Å². The second-order valence-electron chi connectivity index (χ2n) is 4.63. The van der Waals surface area contributed by atoms with Crippen LogP contribution in [0.15, 0.2) is 68.7 Å². The Morgan fingerprint density at radius 2 is 1.86 bits per heavy atom. The van der Waals surface area contributed by atoms with Crippen molar-refractivity contribution in [1.29, 1.82) is 0 Å². The van der Waals surface area contributed by atoms with Crippen LogP contribution in [0.5, 0.6) is 0 Å². The van der Waals surface area contributed by atoms with Gasteiger partial charge in [0.15, 0.2) is 5.76 Å². The zero-order valence-electron chi connectivity index (χ0n) is 11.2. The van der Waals surface area contributed by atoms with E-state index in [0.29, 0.717) is 15.9 Å². The first-order valence-corrected chi connectivity index (χ1v) is 8.46. The number of halogens is 1. The maximum Gasteiger partial charge on any atom is 0.268 e. The summed E-state index contributed by atoms with van der Waals surface area (Å²) < 4.78 is 32.8. The first-order valence-electron chi connectivity index (χ1n) is 6.22. The molecule has 0 radical (unpaired) electrons. The molecule has 0 atom stereocenters. The molecule has 0 saturated carbocycles. The summed E-state index contributed by atoms with van der Waals surface area (Å²) >= 11 is 3.32. The normalized spacial score (nSPS) is 11.7. The van der Waals surface area contributed by atoms with Gasteiger partial charge in [-0.3, -0.25) is 0 Å². The molecule has 21 heavy (non-hydrogen) atoms. The van der Waals surface area contributed by atoms with Gasteiger partial charge in [0.1, 0.15) is 5.69 Å². The average Bonchev–Trinajstić information content (AvgIpc) is 3.08. The molecule has 3 aromatic rings. The third-order valence-corrected chi connectivity index (χ3v) is 5.23. The maximum atomic E-state index is 12.8. The Hall–Kier alpha value is -1.79. The van der Waals surface area contributed by atoms with Gasteiger partial charge >= 0.3 is 0 Å². The zero-order valence-corrected chi connectivity index (χ0v) is 13.6. The minimum atomic E-state index is -3.66. The number of hydrogen-bond acceptors (Lipinski definition) is 3. The molecule has 0 saturated heterocycles. The fraction of sp³-hybridized carbons (Fsp3) is 0.0667. The molecule has 0 aliphatic rings. The van der Waals surface area contributed by atoms with Crippen LogP contribution in [0, 0.1) is 6.92 Å². The Kier molecular flexibility index (Phi) is 3.51. The first-order chi connectivity index (χ1) is 9.98. The van der Waals surface area contributed by atoms with Crippen LogP contribution in [0.2, 0.25) is 0 Å². The number of hydrogen-bond donors (Lipinski definition) is 0. The fourth-order valence-corrected chi connectivity index (χ4v) is 3.96. The molecule has 0 bridgehead atoms. The van der Waals surface area contributed by atoms with Gasteiger partial charge in [-0.1, -0.05) is 17.7 Å². The van der Waals surface area contributed by atoms with Gasteiger partial charge in [-0.15, -0.1) is 0 Å². The van der Waals surface area contributed by atoms with Gasteiger partial charge in [-0.25, -0.2) is 12.4 Å². The molecule has 4 nitrogen and oxygen atoms in total. The summed E-state index contributed by atoms with van der Waals surface area (Å²) in [5, 5.41) is 0. The molecule has 1 aromatic carbocycles. The summed E-state index contributed by atoms with van der Waals surface area (Å²) in [6, 6.07) is 11.9. The highest BCUT2D eigenvalue weighted by Crippen LogP contribution is 2.29. The molecule has 0 N–H and O–H groups in total. The number of aromatic nitrogens is 1. The topological polar surface area (TPSA) is 52.2 Å². The van der Waals surface area contributed by atoms with E-state index in [2.05, 4.69) is 15.9 Å². The summed E-state index contributed by atoms with van der Waals surface area (Å²) in [7, 11) is -3.66. The number of nitrogens with zero attached hydrogens (tertiary/aromatic N) is 1. The highest BCUT2D eigenvalue weighted by atomic mass is 79.9. The molecule has 0 fully saturated rings. The molecule has 6 heteroatoms. The summed E-state index contributed by atoms with van der Waals surface area (Å²) in [5.74, 6) is 0.497. The van der Waals surface area contributed by atoms with Crippen molar-refractivity contribution in [2.24, 2.45) is 0 Å². The van der Waals surface area contributed by atoms with Crippen molar-refractivity contribution < 1.29 is 12.8 Å². The minimum Gasteiger partial charge on any atom is -0.463 e. The second-order valence-corrected chi connectivity index (χ2v) is 7.37. The highest BCUT2D eigenvalue weighted by molar-refractivity contribution is 9.10. The van der Waals surface area contributed by atoms with Crippen molar-refractivity contribution in [3.05, 3.63) is 65.0 Å². The van der Waals surface area contributed by atoms with E-state index in [0.717, 1.165) is 5.56 Å². The van der Waals surface area contributed by atoms with Gasteiger partial charge in [0.25, 0.3) is 10.0 Å². The van der Waals surface area contributed by atoms with Gasteiger partial charge < -0.3 is 4.42 Å². The lowest BCUT2D eigenvalue weighted by molar-refractivity contribution is 0.572. The molecule has 108 valence electrons. The largest absolute Gasteiger partial charge is 0.463 e. The van der Waals surface area contributed by atoms with E-state index in [1.165, 1.54) is 16.4 Å². The third kappa shape index (κ3) is 2.56. The van der Waals surface area contributed by atoms with Crippen molar-refractivity contribution in [3.8, 4) is 11.5 Å². The van der Waals surface area contributed by atoms with Crippen molar-refractivity contribution in [3.63, 3.8) is 0 Å². The summed E-state index contributed by atoms with van der Waals surface area (Å²) in [5.41, 5.74) is 1.49. The van der Waals surface area contributed by atoms with Crippen LogP contribution < -0.4 is 0 Å². The summed E-state index contributed by atoms with van der Waals surface area (Å²) in [6.07, 6.45) is 3.03. The molecule has 2 aromatic heterocycles. The van der Waals surface area contributed by atoms with E-state index in [9.17, 15) is 8.42 Å². The van der Waals surface area contributed by atoms with Crippen LogP contribution in [0.4, 0.5) is 0 Å². The van der Waals surface area contributed by atoms with Crippen LogP contribution >= 0.6 is 15.9 Å². The van der Waals surface area contributed by atoms with Crippen LogP contribution in [0.3, 0.4) is 0 Å². The smallest absolute Gasteiger partial charge is 0.268 e. The standard InChI is InChI=1S/C15H12BrNO3S/c1-11-4-6-13(7-5-11)21(18,19)17-10-12(16)9-14(17)15-3-2-8-20-15/h2-10H,1H3. The third-order valence-electron chi connectivity index (χ3n) is 3.10. The molecule has 0 aliphatic heterocycles. The van der Waals surface area contributed by atoms with Crippen LogP contribution in [-0.2, 0) is 10.0 Å². The molecule has 0 amide bonds. The van der Waals surface area contributed by atoms with Crippen LogP contribution in [0.1, 0.15) is 5.56 Å². The van der Waals surface area contributed by atoms with Crippen molar-refractivity contribution in [1.82, 2.24) is 3.97 Å². The minimum absolute atomic E-state index is 0.240. The van der Waals surface area contributed by atoms with Gasteiger partial charge in [0.05, 0.1) is 11.2 Å². The Labute approximate surface area is 131 Å². The van der Waals surface area contributed by atoms with E-state index in [1.54, 1.807) is 42.5 Å². The summed E-state index contributed by atoms with van der Waals surface area (Å²) in [4.78, 5) is 0.240. The van der Waals surface area contributed by atoms with E-state index in [4.69, 9.17) is 4.42 Å². The Balaban J connectivity index is 2.18. The van der Waals surface area contributed by atoms with Crippen molar-refractivity contribution in [2.75, 3.05) is 0 Å². The molecule has 0 aliphatic carbocycles. The van der Waals surface area contributed by atoms with Crippen LogP contribution in [-0.4, -0.2) is 12.4 Å². The molecular weight excluding hydrogens is 354 g/mol. The van der Waals surface area contributed by atoms with Crippen molar-refractivity contribution >= 4 is 26.0 Å².